The lowest BCUT2D eigenvalue weighted by Crippen LogP contribution is -2.08. The summed E-state index contributed by atoms with van der Waals surface area (Å²) in [7, 11) is 0. The van der Waals surface area contributed by atoms with Gasteiger partial charge in [-0.15, -0.1) is 0 Å². The number of rotatable bonds is 6. The number of esters is 1. The van der Waals surface area contributed by atoms with Crippen LogP contribution < -0.4 is 0 Å². The maximum atomic E-state index is 11.7. The van der Waals surface area contributed by atoms with E-state index in [1.165, 1.54) is 0 Å². The lowest BCUT2D eigenvalue weighted by Gasteiger charge is -2.05. The van der Waals surface area contributed by atoms with Crippen LogP contribution in [0.3, 0.4) is 0 Å². The second-order valence-electron chi connectivity index (χ2n) is 4.71. The summed E-state index contributed by atoms with van der Waals surface area (Å²) < 4.78 is 5.19. The molecular formula is C17H16O4. The van der Waals surface area contributed by atoms with Gasteiger partial charge in [0.15, 0.2) is 0 Å². The Hall–Kier alpha value is -2.62. The first-order valence-corrected chi connectivity index (χ1v) is 6.62. The molecule has 0 saturated heterocycles. The Bertz CT molecular complexity index is 602. The van der Waals surface area contributed by atoms with Gasteiger partial charge < -0.3 is 9.84 Å². The van der Waals surface area contributed by atoms with Gasteiger partial charge in [-0.25, -0.2) is 0 Å². The zero-order chi connectivity index (χ0) is 15.1. The van der Waals surface area contributed by atoms with Crippen LogP contribution in [0.2, 0.25) is 0 Å². The van der Waals surface area contributed by atoms with Crippen molar-refractivity contribution in [2.75, 3.05) is 0 Å². The second-order valence-corrected chi connectivity index (χ2v) is 4.71. The zero-order valence-electron chi connectivity index (χ0n) is 11.5. The molecule has 2 rings (SSSR count). The minimum absolute atomic E-state index is 0.0151. The van der Waals surface area contributed by atoms with Crippen LogP contribution in [0.25, 0.3) is 0 Å². The smallest absolute Gasteiger partial charge is 0.310 e. The summed E-state index contributed by atoms with van der Waals surface area (Å²) >= 11 is 0. The number of ether oxygens (including phenoxy) is 1. The van der Waals surface area contributed by atoms with Gasteiger partial charge >= 0.3 is 11.9 Å². The van der Waals surface area contributed by atoms with Crippen LogP contribution in [-0.2, 0) is 33.8 Å². The third-order valence-electron chi connectivity index (χ3n) is 2.97. The van der Waals surface area contributed by atoms with Gasteiger partial charge in [0.2, 0.25) is 0 Å². The van der Waals surface area contributed by atoms with E-state index in [0.29, 0.717) is 5.56 Å². The largest absolute Gasteiger partial charge is 0.481 e. The van der Waals surface area contributed by atoms with Crippen molar-refractivity contribution in [3.63, 3.8) is 0 Å². The first-order valence-electron chi connectivity index (χ1n) is 6.62. The average molecular weight is 284 g/mol. The van der Waals surface area contributed by atoms with E-state index in [2.05, 4.69) is 0 Å². The van der Waals surface area contributed by atoms with Crippen molar-refractivity contribution in [1.29, 1.82) is 0 Å². The molecule has 1 N–H and O–H groups in total. The van der Waals surface area contributed by atoms with Crippen molar-refractivity contribution in [2.24, 2.45) is 0 Å². The van der Waals surface area contributed by atoms with Crippen LogP contribution in [0, 0.1) is 0 Å². The summed E-state index contributed by atoms with van der Waals surface area (Å²) in [6.07, 6.45) is 0.166. The van der Waals surface area contributed by atoms with Crippen LogP contribution in [-0.4, -0.2) is 17.0 Å². The van der Waals surface area contributed by atoms with E-state index in [4.69, 9.17) is 9.84 Å². The van der Waals surface area contributed by atoms with Gasteiger partial charge in [0.25, 0.3) is 0 Å². The molecule has 21 heavy (non-hydrogen) atoms. The lowest BCUT2D eigenvalue weighted by molar-refractivity contribution is -0.144. The number of carbonyl (C=O) groups excluding carboxylic acids is 1. The number of benzene rings is 2. The van der Waals surface area contributed by atoms with Crippen LogP contribution in [0.4, 0.5) is 0 Å². The molecule has 0 aliphatic heterocycles. The number of hydrogen-bond acceptors (Lipinski definition) is 3. The Labute approximate surface area is 123 Å². The molecule has 0 heterocycles. The molecule has 0 fully saturated rings. The fraction of sp³-hybridized carbons (Fsp3) is 0.176. The summed E-state index contributed by atoms with van der Waals surface area (Å²) in [4.78, 5) is 22.3. The molecular weight excluding hydrogens is 268 g/mol. The quantitative estimate of drug-likeness (QED) is 0.828. The van der Waals surface area contributed by atoms with E-state index in [9.17, 15) is 9.59 Å². The van der Waals surface area contributed by atoms with Gasteiger partial charge in [-0.2, -0.15) is 0 Å². The molecule has 0 aromatic heterocycles. The maximum Gasteiger partial charge on any atom is 0.310 e. The topological polar surface area (TPSA) is 63.6 Å². The van der Waals surface area contributed by atoms with Crippen LogP contribution >= 0.6 is 0 Å². The molecule has 0 unspecified atom stereocenters. The first-order chi connectivity index (χ1) is 10.1. The van der Waals surface area contributed by atoms with E-state index in [1.54, 1.807) is 24.3 Å². The van der Waals surface area contributed by atoms with Crippen molar-refractivity contribution in [2.45, 2.75) is 19.4 Å². The lowest BCUT2D eigenvalue weighted by atomic mass is 10.1. The molecule has 0 radical (unpaired) electrons. The normalized spacial score (nSPS) is 10.1. The van der Waals surface area contributed by atoms with Crippen molar-refractivity contribution < 1.29 is 19.4 Å². The van der Waals surface area contributed by atoms with Crippen molar-refractivity contribution >= 4 is 11.9 Å². The summed E-state index contributed by atoms with van der Waals surface area (Å²) in [5.41, 5.74) is 2.47. The second kappa shape index (κ2) is 7.24. The summed E-state index contributed by atoms with van der Waals surface area (Å²) in [6, 6.07) is 16.4. The van der Waals surface area contributed by atoms with Crippen LogP contribution in [0.1, 0.15) is 16.7 Å². The van der Waals surface area contributed by atoms with Gasteiger partial charge in [0, 0.05) is 0 Å². The predicted molar refractivity (Wildman–Crippen MR) is 77.7 cm³/mol. The van der Waals surface area contributed by atoms with Crippen LogP contribution in [0.15, 0.2) is 54.6 Å². The van der Waals surface area contributed by atoms with E-state index < -0.39 is 5.97 Å². The number of aliphatic carboxylic acids is 1. The Morgan fingerprint density at radius 3 is 1.95 bits per heavy atom. The number of hydrogen-bond donors (Lipinski definition) is 1. The predicted octanol–water partition coefficient (Wildman–Crippen LogP) is 2.60. The Morgan fingerprint density at radius 2 is 1.38 bits per heavy atom. The Kier molecular flexibility index (Phi) is 5.10. The van der Waals surface area contributed by atoms with Crippen molar-refractivity contribution in [1.82, 2.24) is 0 Å². The minimum atomic E-state index is -0.870. The molecule has 0 saturated carbocycles. The van der Waals surface area contributed by atoms with E-state index in [-0.39, 0.29) is 25.4 Å². The third kappa shape index (κ3) is 5.10. The maximum absolute atomic E-state index is 11.7. The van der Waals surface area contributed by atoms with Gasteiger partial charge in [-0.05, 0) is 16.7 Å². The fourth-order valence-electron chi connectivity index (χ4n) is 1.91. The molecule has 0 spiro atoms. The van der Waals surface area contributed by atoms with E-state index in [1.807, 2.05) is 30.3 Å². The highest BCUT2D eigenvalue weighted by Gasteiger charge is 2.06. The molecule has 2 aromatic rings. The zero-order valence-corrected chi connectivity index (χ0v) is 11.5. The van der Waals surface area contributed by atoms with E-state index >= 15 is 0 Å². The molecule has 4 nitrogen and oxygen atoms in total. The molecule has 0 aliphatic rings. The molecule has 0 amide bonds. The third-order valence-corrected chi connectivity index (χ3v) is 2.97. The Morgan fingerprint density at radius 1 is 0.810 bits per heavy atom. The highest BCUT2D eigenvalue weighted by atomic mass is 16.5. The van der Waals surface area contributed by atoms with Gasteiger partial charge in [-0.3, -0.25) is 9.59 Å². The number of carbonyl (C=O) groups is 2. The van der Waals surface area contributed by atoms with Crippen LogP contribution in [0.5, 0.6) is 0 Å². The first kappa shape index (κ1) is 14.8. The van der Waals surface area contributed by atoms with Gasteiger partial charge in [0.1, 0.15) is 6.61 Å². The summed E-state index contributed by atoms with van der Waals surface area (Å²) in [5, 5.41) is 8.69. The highest BCUT2D eigenvalue weighted by molar-refractivity contribution is 5.73. The molecule has 0 atom stereocenters. The van der Waals surface area contributed by atoms with E-state index in [0.717, 1.165) is 11.1 Å². The molecule has 2 aromatic carbocycles. The summed E-state index contributed by atoms with van der Waals surface area (Å²) in [6.45, 7) is 0.261. The van der Waals surface area contributed by atoms with Crippen molar-refractivity contribution in [3.8, 4) is 0 Å². The number of carboxylic acids is 1. The standard InChI is InChI=1S/C17H16O4/c18-16(19)10-13-6-8-14(9-7-13)11-17(20)21-12-15-4-2-1-3-5-15/h1-9H,10-12H2,(H,18,19). The Balaban J connectivity index is 1.83. The van der Waals surface area contributed by atoms with Gasteiger partial charge in [-0.1, -0.05) is 54.6 Å². The molecule has 4 heteroatoms. The average Bonchev–Trinajstić information content (AvgIpc) is 2.48. The van der Waals surface area contributed by atoms with Crippen molar-refractivity contribution in [3.05, 3.63) is 71.3 Å². The SMILES string of the molecule is O=C(O)Cc1ccc(CC(=O)OCc2ccccc2)cc1. The molecule has 0 bridgehead atoms. The summed E-state index contributed by atoms with van der Waals surface area (Å²) in [5.74, 6) is -1.17. The minimum Gasteiger partial charge on any atom is -0.481 e. The monoisotopic (exact) mass is 284 g/mol. The van der Waals surface area contributed by atoms with Gasteiger partial charge in [0.05, 0.1) is 12.8 Å². The molecule has 108 valence electrons. The number of carboxylic acid groups (broad SMARTS) is 1. The fourth-order valence-corrected chi connectivity index (χ4v) is 1.91. The highest BCUT2D eigenvalue weighted by Crippen LogP contribution is 2.08. The molecule has 0 aliphatic carbocycles.